The van der Waals surface area contributed by atoms with E-state index in [1.807, 2.05) is 0 Å². The van der Waals surface area contributed by atoms with Crippen molar-refractivity contribution in [3.8, 4) is 5.75 Å². The van der Waals surface area contributed by atoms with E-state index >= 15 is 0 Å². The second kappa shape index (κ2) is 8.63. The van der Waals surface area contributed by atoms with Crippen molar-refractivity contribution >= 4 is 15.9 Å². The highest BCUT2D eigenvalue weighted by molar-refractivity contribution is 9.09. The molecule has 108 valence electrons. The summed E-state index contributed by atoms with van der Waals surface area (Å²) in [5.74, 6) is 1.01. The fraction of sp³-hybridized carbons (Fsp3) is 0.647. The number of alkyl halides is 1. The molecular formula is C17H27BrO. The SMILES string of the molecule is CCCC(CBr)(CCC)COc1cccc(CC)c1. The minimum absolute atomic E-state index is 0.283. The van der Waals surface area contributed by atoms with Crippen LogP contribution in [0.1, 0.15) is 52.0 Å². The molecule has 0 heterocycles. The summed E-state index contributed by atoms with van der Waals surface area (Å²) in [6.45, 7) is 7.50. The van der Waals surface area contributed by atoms with E-state index in [1.54, 1.807) is 0 Å². The van der Waals surface area contributed by atoms with E-state index in [2.05, 4.69) is 61.0 Å². The second-order valence-electron chi connectivity index (χ2n) is 5.42. The van der Waals surface area contributed by atoms with Crippen LogP contribution in [0.2, 0.25) is 0 Å². The standard InChI is InChI=1S/C17H27BrO/c1-4-10-17(13-18,11-5-2)14-19-16-9-7-8-15(6-3)12-16/h7-9,12H,4-6,10-11,13-14H2,1-3H3. The molecule has 0 atom stereocenters. The average Bonchev–Trinajstić information content (AvgIpc) is 2.45. The minimum Gasteiger partial charge on any atom is -0.493 e. The molecule has 0 saturated carbocycles. The smallest absolute Gasteiger partial charge is 0.119 e. The van der Waals surface area contributed by atoms with Crippen molar-refractivity contribution in [2.45, 2.75) is 52.9 Å². The molecule has 0 bridgehead atoms. The topological polar surface area (TPSA) is 9.23 Å². The van der Waals surface area contributed by atoms with Gasteiger partial charge in [-0.2, -0.15) is 0 Å². The summed E-state index contributed by atoms with van der Waals surface area (Å²) in [6.07, 6.45) is 5.93. The Labute approximate surface area is 126 Å². The molecule has 1 aromatic carbocycles. The maximum Gasteiger partial charge on any atom is 0.119 e. The zero-order valence-electron chi connectivity index (χ0n) is 12.5. The molecule has 19 heavy (non-hydrogen) atoms. The number of aryl methyl sites for hydroxylation is 1. The molecule has 1 rings (SSSR count). The second-order valence-corrected chi connectivity index (χ2v) is 5.98. The van der Waals surface area contributed by atoms with Crippen molar-refractivity contribution in [1.82, 2.24) is 0 Å². The Balaban J connectivity index is 2.68. The third kappa shape index (κ3) is 5.18. The maximum atomic E-state index is 6.08. The van der Waals surface area contributed by atoms with Crippen molar-refractivity contribution in [2.75, 3.05) is 11.9 Å². The van der Waals surface area contributed by atoms with Gasteiger partial charge in [-0.1, -0.05) is 61.7 Å². The molecule has 0 aliphatic rings. The van der Waals surface area contributed by atoms with Gasteiger partial charge in [0.25, 0.3) is 0 Å². The fourth-order valence-corrected chi connectivity index (χ4v) is 3.32. The Bertz CT molecular complexity index is 356. The number of rotatable bonds is 9. The first-order chi connectivity index (χ1) is 9.19. The lowest BCUT2D eigenvalue weighted by atomic mass is 9.82. The lowest BCUT2D eigenvalue weighted by molar-refractivity contribution is 0.144. The van der Waals surface area contributed by atoms with Gasteiger partial charge < -0.3 is 4.74 Å². The molecule has 0 N–H and O–H groups in total. The van der Waals surface area contributed by atoms with Crippen LogP contribution in [0.15, 0.2) is 24.3 Å². The summed E-state index contributed by atoms with van der Waals surface area (Å²) >= 11 is 3.70. The zero-order valence-corrected chi connectivity index (χ0v) is 14.1. The van der Waals surface area contributed by atoms with Crippen LogP contribution in [0, 0.1) is 5.41 Å². The highest BCUT2D eigenvalue weighted by atomic mass is 79.9. The number of benzene rings is 1. The van der Waals surface area contributed by atoms with Gasteiger partial charge in [0.2, 0.25) is 0 Å². The molecule has 0 spiro atoms. The van der Waals surface area contributed by atoms with E-state index in [0.717, 1.165) is 24.1 Å². The molecule has 0 amide bonds. The van der Waals surface area contributed by atoms with Crippen LogP contribution in [0.4, 0.5) is 0 Å². The number of hydrogen-bond donors (Lipinski definition) is 0. The summed E-state index contributed by atoms with van der Waals surface area (Å²) < 4.78 is 6.08. The molecule has 0 aromatic heterocycles. The van der Waals surface area contributed by atoms with Crippen LogP contribution < -0.4 is 4.74 Å². The van der Waals surface area contributed by atoms with E-state index in [0.29, 0.717) is 0 Å². The average molecular weight is 327 g/mol. The van der Waals surface area contributed by atoms with Gasteiger partial charge in [0.15, 0.2) is 0 Å². The van der Waals surface area contributed by atoms with Gasteiger partial charge in [-0.05, 0) is 37.0 Å². The first-order valence-electron chi connectivity index (χ1n) is 7.47. The Morgan fingerprint density at radius 2 is 1.79 bits per heavy atom. The third-order valence-corrected chi connectivity index (χ3v) is 4.89. The summed E-state index contributed by atoms with van der Waals surface area (Å²) in [4.78, 5) is 0. The fourth-order valence-electron chi connectivity index (χ4n) is 2.59. The van der Waals surface area contributed by atoms with Crippen LogP contribution in [0.5, 0.6) is 5.75 Å². The maximum absolute atomic E-state index is 6.08. The Kier molecular flexibility index (Phi) is 7.52. The molecule has 1 nitrogen and oxygen atoms in total. The Morgan fingerprint density at radius 3 is 2.32 bits per heavy atom. The van der Waals surface area contributed by atoms with Gasteiger partial charge in [-0.25, -0.2) is 0 Å². The monoisotopic (exact) mass is 326 g/mol. The predicted octanol–water partition coefficient (Wildman–Crippen LogP) is 5.61. The summed E-state index contributed by atoms with van der Waals surface area (Å²) in [7, 11) is 0. The predicted molar refractivity (Wildman–Crippen MR) is 87.4 cm³/mol. The number of ether oxygens (including phenoxy) is 1. The molecule has 0 saturated heterocycles. The van der Waals surface area contributed by atoms with Crippen LogP contribution in [0.25, 0.3) is 0 Å². The van der Waals surface area contributed by atoms with Crippen LogP contribution in [0.3, 0.4) is 0 Å². The molecule has 0 aliphatic carbocycles. The third-order valence-electron chi connectivity index (χ3n) is 3.70. The molecule has 1 aromatic rings. The van der Waals surface area contributed by atoms with Gasteiger partial charge in [0.1, 0.15) is 5.75 Å². The van der Waals surface area contributed by atoms with Crippen molar-refractivity contribution in [3.05, 3.63) is 29.8 Å². The van der Waals surface area contributed by atoms with Gasteiger partial charge in [-0.15, -0.1) is 0 Å². The lowest BCUT2D eigenvalue weighted by Crippen LogP contribution is -2.30. The molecule has 0 fully saturated rings. The van der Waals surface area contributed by atoms with Crippen LogP contribution in [-0.4, -0.2) is 11.9 Å². The highest BCUT2D eigenvalue weighted by Gasteiger charge is 2.28. The van der Waals surface area contributed by atoms with E-state index in [1.165, 1.54) is 31.2 Å². The molecular weight excluding hydrogens is 300 g/mol. The summed E-state index contributed by atoms with van der Waals surface area (Å²) in [6, 6.07) is 8.47. The van der Waals surface area contributed by atoms with Crippen molar-refractivity contribution in [3.63, 3.8) is 0 Å². The molecule has 0 unspecified atom stereocenters. The van der Waals surface area contributed by atoms with Gasteiger partial charge >= 0.3 is 0 Å². The van der Waals surface area contributed by atoms with Crippen molar-refractivity contribution in [1.29, 1.82) is 0 Å². The quantitative estimate of drug-likeness (QED) is 0.536. The van der Waals surface area contributed by atoms with Crippen LogP contribution in [-0.2, 0) is 6.42 Å². The normalized spacial score (nSPS) is 11.6. The van der Waals surface area contributed by atoms with E-state index < -0.39 is 0 Å². The summed E-state index contributed by atoms with van der Waals surface area (Å²) in [5, 5.41) is 1.02. The van der Waals surface area contributed by atoms with E-state index in [9.17, 15) is 0 Å². The summed E-state index contributed by atoms with van der Waals surface area (Å²) in [5.41, 5.74) is 1.62. The zero-order chi connectivity index (χ0) is 14.1. The highest BCUT2D eigenvalue weighted by Crippen LogP contribution is 2.33. The van der Waals surface area contributed by atoms with E-state index in [-0.39, 0.29) is 5.41 Å². The molecule has 0 radical (unpaired) electrons. The first kappa shape index (κ1) is 16.6. The van der Waals surface area contributed by atoms with E-state index in [4.69, 9.17) is 4.74 Å². The minimum atomic E-state index is 0.283. The Morgan fingerprint density at radius 1 is 1.11 bits per heavy atom. The Hall–Kier alpha value is -0.500. The van der Waals surface area contributed by atoms with Gasteiger partial charge in [0.05, 0.1) is 6.61 Å². The number of hydrogen-bond acceptors (Lipinski definition) is 1. The lowest BCUT2D eigenvalue weighted by Gasteiger charge is -2.31. The van der Waals surface area contributed by atoms with Gasteiger partial charge in [-0.3, -0.25) is 0 Å². The van der Waals surface area contributed by atoms with Crippen LogP contribution >= 0.6 is 15.9 Å². The van der Waals surface area contributed by atoms with Crippen molar-refractivity contribution < 1.29 is 4.74 Å². The largest absolute Gasteiger partial charge is 0.493 e. The molecule has 0 aliphatic heterocycles. The van der Waals surface area contributed by atoms with Crippen molar-refractivity contribution in [2.24, 2.45) is 5.41 Å². The first-order valence-corrected chi connectivity index (χ1v) is 8.59. The van der Waals surface area contributed by atoms with Gasteiger partial charge in [0, 0.05) is 10.7 Å². The molecule has 2 heteroatoms. The number of halogens is 1.